The van der Waals surface area contributed by atoms with E-state index in [0.717, 1.165) is 6.92 Å². The minimum absolute atomic E-state index is 0. The zero-order valence-electron chi connectivity index (χ0n) is 4.79. The van der Waals surface area contributed by atoms with Crippen LogP contribution >= 0.6 is 0 Å². The Hall–Kier alpha value is 0.246. The molecule has 0 fully saturated rings. The number of hydrogen-bond donors (Lipinski definition) is 3. The van der Waals surface area contributed by atoms with Crippen molar-refractivity contribution < 1.29 is 19.8 Å². The molecule has 0 rings (SSSR count). The molecular formula is C4H8KNO4. The molecule has 0 aromatic heterocycles. The third kappa shape index (κ3) is 85.8. The molecule has 0 aromatic rings. The molecule has 6 heteroatoms. The molecule has 5 nitrogen and oxygen atoms in total. The molecule has 0 aromatic carbocycles. The van der Waals surface area contributed by atoms with E-state index >= 15 is 0 Å². The van der Waals surface area contributed by atoms with Crippen LogP contribution in [0.4, 0.5) is 0 Å². The van der Waals surface area contributed by atoms with Crippen molar-refractivity contribution in [2.75, 3.05) is 0 Å². The Morgan fingerprint density at radius 3 is 1.50 bits per heavy atom. The van der Waals surface area contributed by atoms with Gasteiger partial charge in [-0.05, 0) is 0 Å². The van der Waals surface area contributed by atoms with Gasteiger partial charge >= 0.3 is 57.4 Å². The molecule has 0 amide bonds. The van der Waals surface area contributed by atoms with Gasteiger partial charge in [0.25, 0.3) is 5.97 Å². The number of aliphatic carboxylic acids is 2. The van der Waals surface area contributed by atoms with E-state index in [1.807, 2.05) is 0 Å². The van der Waals surface area contributed by atoms with Gasteiger partial charge in [0.15, 0.2) is 0 Å². The summed E-state index contributed by atoms with van der Waals surface area (Å²) in [6, 6.07) is 0. The Labute approximate surface area is 100 Å². The average molecular weight is 173 g/mol. The molecule has 54 valence electrons. The second kappa shape index (κ2) is 12.0. The van der Waals surface area contributed by atoms with E-state index in [9.17, 15) is 0 Å². The molecule has 0 unspecified atom stereocenters. The van der Waals surface area contributed by atoms with Gasteiger partial charge in [-0.2, -0.15) is 0 Å². The molecule has 0 radical (unpaired) electrons. The molecule has 0 bridgehead atoms. The van der Waals surface area contributed by atoms with Crippen LogP contribution in [0.25, 0.3) is 0 Å². The van der Waals surface area contributed by atoms with Crippen molar-refractivity contribution >= 4 is 69.5 Å². The van der Waals surface area contributed by atoms with Crippen molar-refractivity contribution in [1.29, 1.82) is 5.41 Å². The Bertz CT molecular complexity index is 120. The van der Waals surface area contributed by atoms with Gasteiger partial charge in [-0.3, -0.25) is 4.79 Å². The van der Waals surface area contributed by atoms with Crippen LogP contribution in [-0.4, -0.2) is 79.8 Å². The number of carboxylic acids is 2. The fourth-order valence-electron chi connectivity index (χ4n) is 0. The first-order valence-electron chi connectivity index (χ1n) is 1.93. The van der Waals surface area contributed by atoms with Crippen LogP contribution in [0.15, 0.2) is 0 Å². The number of nitrogens with one attached hydrogen (secondary N) is 1. The number of rotatable bonds is 1. The van der Waals surface area contributed by atoms with Gasteiger partial charge in [0.1, 0.15) is 6.21 Å². The molecule has 10 heavy (non-hydrogen) atoms. The Balaban J connectivity index is -0.0000000910. The molecule has 0 saturated carbocycles. The Kier molecular flexibility index (Phi) is 20.0. The van der Waals surface area contributed by atoms with E-state index in [1.54, 1.807) is 0 Å². The van der Waals surface area contributed by atoms with Crippen molar-refractivity contribution in [3.8, 4) is 0 Å². The standard InChI is InChI=1S/C2H3NO2.C2H4O2.K.H/c3-1-2(4)5;1-2(3)4;;/h1,3H,(H,4,5);1H3,(H,3,4);;. The van der Waals surface area contributed by atoms with Crippen LogP contribution in [0.2, 0.25) is 0 Å². The van der Waals surface area contributed by atoms with Gasteiger partial charge in [-0.25, -0.2) is 4.79 Å². The summed E-state index contributed by atoms with van der Waals surface area (Å²) in [7, 11) is 0. The molecule has 0 aliphatic carbocycles. The second-order valence-electron chi connectivity index (χ2n) is 1.00. The molecule has 3 N–H and O–H groups in total. The Morgan fingerprint density at radius 2 is 1.50 bits per heavy atom. The van der Waals surface area contributed by atoms with Gasteiger partial charge in [-0.15, -0.1) is 0 Å². The van der Waals surface area contributed by atoms with E-state index in [0.29, 0.717) is 6.21 Å². The fourth-order valence-corrected chi connectivity index (χ4v) is 0. The third-order valence-corrected chi connectivity index (χ3v) is 0.123. The fraction of sp³-hybridized carbons (Fsp3) is 0.250. The molecular weight excluding hydrogens is 165 g/mol. The predicted octanol–water partition coefficient (Wildman–Crippen LogP) is -0.837. The van der Waals surface area contributed by atoms with Crippen molar-refractivity contribution in [1.82, 2.24) is 0 Å². The summed E-state index contributed by atoms with van der Waals surface area (Å²) >= 11 is 0. The monoisotopic (exact) mass is 173 g/mol. The molecule has 0 heterocycles. The first kappa shape index (κ1) is 16.7. The van der Waals surface area contributed by atoms with Gasteiger partial charge in [0, 0.05) is 6.92 Å². The number of hydrogen-bond acceptors (Lipinski definition) is 3. The summed E-state index contributed by atoms with van der Waals surface area (Å²) in [6.45, 7) is 1.08. The third-order valence-electron chi connectivity index (χ3n) is 0.123. The second-order valence-corrected chi connectivity index (χ2v) is 1.00. The molecule has 0 saturated heterocycles. The molecule has 0 spiro atoms. The van der Waals surface area contributed by atoms with Crippen molar-refractivity contribution in [3.63, 3.8) is 0 Å². The van der Waals surface area contributed by atoms with Crippen LogP contribution < -0.4 is 0 Å². The zero-order valence-corrected chi connectivity index (χ0v) is 4.79. The predicted molar refractivity (Wildman–Crippen MR) is 36.9 cm³/mol. The van der Waals surface area contributed by atoms with Crippen LogP contribution in [0, 0.1) is 5.41 Å². The molecule has 0 aliphatic rings. The number of carbonyl (C=O) groups is 2. The van der Waals surface area contributed by atoms with Crippen LogP contribution in [0.3, 0.4) is 0 Å². The van der Waals surface area contributed by atoms with Gasteiger partial charge in [0.2, 0.25) is 0 Å². The van der Waals surface area contributed by atoms with E-state index in [4.69, 9.17) is 25.2 Å². The maximum atomic E-state index is 9.12. The first-order chi connectivity index (χ1) is 4.00. The quantitative estimate of drug-likeness (QED) is 0.356. The van der Waals surface area contributed by atoms with Gasteiger partial charge in [-0.1, -0.05) is 0 Å². The molecule has 0 atom stereocenters. The number of carboxylic acid groups (broad SMARTS) is 2. The maximum absolute atomic E-state index is 9.12. The summed E-state index contributed by atoms with van der Waals surface area (Å²) in [5.74, 6) is -2.04. The van der Waals surface area contributed by atoms with Crippen molar-refractivity contribution in [2.45, 2.75) is 6.92 Å². The van der Waals surface area contributed by atoms with Gasteiger partial charge in [0.05, 0.1) is 0 Å². The van der Waals surface area contributed by atoms with E-state index < -0.39 is 11.9 Å². The zero-order chi connectivity index (χ0) is 7.86. The first-order valence-corrected chi connectivity index (χ1v) is 1.93. The summed E-state index contributed by atoms with van der Waals surface area (Å²) in [5, 5.41) is 20.8. The SMILES string of the molecule is CC(=O)O.N=CC(=O)O.[KH]. The summed E-state index contributed by atoms with van der Waals surface area (Å²) < 4.78 is 0. The van der Waals surface area contributed by atoms with Crippen molar-refractivity contribution in [2.24, 2.45) is 0 Å². The average Bonchev–Trinajstić information content (AvgIpc) is 1.65. The van der Waals surface area contributed by atoms with E-state index in [1.165, 1.54) is 0 Å². The van der Waals surface area contributed by atoms with E-state index in [-0.39, 0.29) is 51.4 Å². The summed E-state index contributed by atoms with van der Waals surface area (Å²) in [4.78, 5) is 18.1. The summed E-state index contributed by atoms with van der Waals surface area (Å²) in [6.07, 6.45) is 0.333. The van der Waals surface area contributed by atoms with Crippen molar-refractivity contribution in [3.05, 3.63) is 0 Å². The van der Waals surface area contributed by atoms with Gasteiger partial charge < -0.3 is 15.6 Å². The van der Waals surface area contributed by atoms with Crippen LogP contribution in [0.5, 0.6) is 0 Å². The minimum atomic E-state index is -1.20. The molecule has 0 aliphatic heterocycles. The Morgan fingerprint density at radius 1 is 1.40 bits per heavy atom. The topological polar surface area (TPSA) is 98.5 Å². The van der Waals surface area contributed by atoms with E-state index in [2.05, 4.69) is 0 Å². The summed E-state index contributed by atoms with van der Waals surface area (Å²) in [5.41, 5.74) is 0. The van der Waals surface area contributed by atoms with Crippen LogP contribution in [-0.2, 0) is 9.59 Å². The van der Waals surface area contributed by atoms with Crippen LogP contribution in [0.1, 0.15) is 6.92 Å². The normalized spacial score (nSPS) is 5.70.